The Bertz CT molecular complexity index is 693. The van der Waals surface area contributed by atoms with E-state index >= 15 is 0 Å². The van der Waals surface area contributed by atoms with Crippen molar-refractivity contribution in [3.63, 3.8) is 0 Å². The average molecular weight is 268 g/mol. The molecular formula is C16H16N2O2. The summed E-state index contributed by atoms with van der Waals surface area (Å²) in [6.07, 6.45) is 2.40. The van der Waals surface area contributed by atoms with Gasteiger partial charge in [-0.15, -0.1) is 0 Å². The van der Waals surface area contributed by atoms with Gasteiger partial charge in [0.25, 0.3) is 0 Å². The fourth-order valence-electron chi connectivity index (χ4n) is 2.32. The zero-order valence-electron chi connectivity index (χ0n) is 11.1. The highest BCUT2D eigenvalue weighted by atomic mass is 16.5. The van der Waals surface area contributed by atoms with Crippen molar-refractivity contribution in [2.45, 2.75) is 13.0 Å². The standard InChI is InChI=1S/C16H16N2O2/c17-9-7-15-14-4-2-1-3-12(14)5-6-16(15)19-11-13-8-10-18-20-13/h1-6,8,10H,7,9,11,17H2. The van der Waals surface area contributed by atoms with Crippen LogP contribution >= 0.6 is 0 Å². The van der Waals surface area contributed by atoms with Crippen LogP contribution in [0.4, 0.5) is 0 Å². The van der Waals surface area contributed by atoms with Gasteiger partial charge in [0.05, 0.1) is 6.20 Å². The minimum absolute atomic E-state index is 0.371. The lowest BCUT2D eigenvalue weighted by Crippen LogP contribution is -2.06. The van der Waals surface area contributed by atoms with Crippen LogP contribution in [0.3, 0.4) is 0 Å². The van der Waals surface area contributed by atoms with Crippen molar-refractivity contribution in [2.75, 3.05) is 6.54 Å². The maximum Gasteiger partial charge on any atom is 0.174 e. The van der Waals surface area contributed by atoms with Gasteiger partial charge in [-0.25, -0.2) is 0 Å². The van der Waals surface area contributed by atoms with E-state index in [-0.39, 0.29) is 0 Å². The predicted molar refractivity (Wildman–Crippen MR) is 77.5 cm³/mol. The molecule has 0 atom stereocenters. The molecule has 0 bridgehead atoms. The normalized spacial score (nSPS) is 10.8. The molecule has 102 valence electrons. The number of nitrogens with zero attached hydrogens (tertiary/aromatic N) is 1. The van der Waals surface area contributed by atoms with Gasteiger partial charge in [0.15, 0.2) is 5.76 Å². The fourth-order valence-corrected chi connectivity index (χ4v) is 2.32. The molecule has 0 spiro atoms. The van der Waals surface area contributed by atoms with Gasteiger partial charge in [0, 0.05) is 11.6 Å². The molecule has 2 N–H and O–H groups in total. The van der Waals surface area contributed by atoms with Crippen molar-refractivity contribution in [1.29, 1.82) is 0 Å². The minimum Gasteiger partial charge on any atom is -0.485 e. The maximum atomic E-state index is 5.85. The van der Waals surface area contributed by atoms with Gasteiger partial charge in [-0.3, -0.25) is 0 Å². The second-order valence-electron chi connectivity index (χ2n) is 4.57. The molecule has 0 amide bonds. The van der Waals surface area contributed by atoms with Gasteiger partial charge in [-0.2, -0.15) is 0 Å². The second-order valence-corrected chi connectivity index (χ2v) is 4.57. The van der Waals surface area contributed by atoms with Crippen LogP contribution in [-0.4, -0.2) is 11.7 Å². The van der Waals surface area contributed by atoms with E-state index in [0.717, 1.165) is 17.7 Å². The van der Waals surface area contributed by atoms with E-state index in [1.165, 1.54) is 10.8 Å². The smallest absolute Gasteiger partial charge is 0.174 e. The van der Waals surface area contributed by atoms with E-state index in [0.29, 0.717) is 18.9 Å². The van der Waals surface area contributed by atoms with Crippen molar-refractivity contribution >= 4 is 10.8 Å². The van der Waals surface area contributed by atoms with Crippen molar-refractivity contribution < 1.29 is 9.26 Å². The third-order valence-corrected chi connectivity index (χ3v) is 3.25. The highest BCUT2D eigenvalue weighted by Crippen LogP contribution is 2.29. The summed E-state index contributed by atoms with van der Waals surface area (Å²) in [5.41, 5.74) is 6.87. The monoisotopic (exact) mass is 268 g/mol. The van der Waals surface area contributed by atoms with E-state index in [4.69, 9.17) is 15.0 Å². The highest BCUT2D eigenvalue weighted by molar-refractivity contribution is 5.87. The first-order valence-electron chi connectivity index (χ1n) is 6.61. The molecule has 0 fully saturated rings. The van der Waals surface area contributed by atoms with E-state index in [1.807, 2.05) is 18.2 Å². The summed E-state index contributed by atoms with van der Waals surface area (Å²) in [5, 5.41) is 6.05. The molecular weight excluding hydrogens is 252 g/mol. The van der Waals surface area contributed by atoms with Crippen LogP contribution in [-0.2, 0) is 13.0 Å². The Kier molecular flexibility index (Phi) is 3.65. The first kappa shape index (κ1) is 12.7. The van der Waals surface area contributed by atoms with Crippen LogP contribution in [0.25, 0.3) is 10.8 Å². The van der Waals surface area contributed by atoms with Crippen molar-refractivity contribution in [2.24, 2.45) is 5.73 Å². The number of rotatable bonds is 5. The van der Waals surface area contributed by atoms with Crippen LogP contribution in [0.15, 0.2) is 53.2 Å². The first-order chi connectivity index (χ1) is 9.88. The Hall–Kier alpha value is -2.33. The molecule has 1 aromatic heterocycles. The van der Waals surface area contributed by atoms with Crippen LogP contribution in [0.5, 0.6) is 5.75 Å². The summed E-state index contributed by atoms with van der Waals surface area (Å²) in [6, 6.07) is 14.1. The van der Waals surface area contributed by atoms with Gasteiger partial charge in [0.1, 0.15) is 12.4 Å². The van der Waals surface area contributed by atoms with Crippen molar-refractivity contribution in [3.8, 4) is 5.75 Å². The van der Waals surface area contributed by atoms with Gasteiger partial charge in [0.2, 0.25) is 0 Å². The number of hydrogen-bond donors (Lipinski definition) is 1. The van der Waals surface area contributed by atoms with Crippen LogP contribution in [0, 0.1) is 0 Å². The zero-order chi connectivity index (χ0) is 13.8. The number of aromatic nitrogens is 1. The predicted octanol–water partition coefficient (Wildman–Crippen LogP) is 2.91. The molecule has 0 saturated heterocycles. The van der Waals surface area contributed by atoms with Gasteiger partial charge < -0.3 is 15.0 Å². The number of benzene rings is 2. The van der Waals surface area contributed by atoms with Crippen molar-refractivity contribution in [3.05, 3.63) is 60.0 Å². The summed E-state index contributed by atoms with van der Waals surface area (Å²) in [4.78, 5) is 0. The number of nitrogens with two attached hydrogens (primary N) is 1. The second kappa shape index (κ2) is 5.75. The van der Waals surface area contributed by atoms with E-state index < -0.39 is 0 Å². The zero-order valence-corrected chi connectivity index (χ0v) is 11.1. The molecule has 1 heterocycles. The third-order valence-electron chi connectivity index (χ3n) is 3.25. The Labute approximate surface area is 117 Å². The lowest BCUT2D eigenvalue weighted by atomic mass is 10.0. The lowest BCUT2D eigenvalue weighted by Gasteiger charge is -2.13. The molecule has 20 heavy (non-hydrogen) atoms. The Morgan fingerprint density at radius 2 is 2.00 bits per heavy atom. The SMILES string of the molecule is NCCc1c(OCc2ccno2)ccc2ccccc12. The van der Waals surface area contributed by atoms with Crippen LogP contribution in [0.1, 0.15) is 11.3 Å². The maximum absolute atomic E-state index is 5.85. The average Bonchev–Trinajstić information content (AvgIpc) is 3.00. The summed E-state index contributed by atoms with van der Waals surface area (Å²) < 4.78 is 10.9. The summed E-state index contributed by atoms with van der Waals surface area (Å²) >= 11 is 0. The van der Waals surface area contributed by atoms with E-state index in [1.54, 1.807) is 12.3 Å². The Morgan fingerprint density at radius 3 is 2.80 bits per heavy atom. The topological polar surface area (TPSA) is 61.3 Å². The molecule has 0 aliphatic rings. The lowest BCUT2D eigenvalue weighted by molar-refractivity contribution is 0.248. The highest BCUT2D eigenvalue weighted by Gasteiger charge is 2.09. The Balaban J connectivity index is 1.94. The quantitative estimate of drug-likeness (QED) is 0.773. The van der Waals surface area contributed by atoms with Gasteiger partial charge in [-0.1, -0.05) is 35.5 Å². The molecule has 3 aromatic rings. The number of hydrogen-bond acceptors (Lipinski definition) is 4. The largest absolute Gasteiger partial charge is 0.485 e. The third kappa shape index (κ3) is 2.51. The Morgan fingerprint density at radius 1 is 1.10 bits per heavy atom. The van der Waals surface area contributed by atoms with E-state index in [2.05, 4.69) is 23.4 Å². The molecule has 0 radical (unpaired) electrons. The molecule has 4 heteroatoms. The summed E-state index contributed by atoms with van der Waals surface area (Å²) in [5.74, 6) is 1.56. The van der Waals surface area contributed by atoms with Gasteiger partial charge in [-0.05, 0) is 29.8 Å². The van der Waals surface area contributed by atoms with Gasteiger partial charge >= 0.3 is 0 Å². The number of fused-ring (bicyclic) bond motifs is 1. The minimum atomic E-state index is 0.371. The molecule has 0 aliphatic heterocycles. The summed E-state index contributed by atoms with van der Waals surface area (Å²) in [7, 11) is 0. The molecule has 4 nitrogen and oxygen atoms in total. The molecule has 0 aliphatic carbocycles. The van der Waals surface area contributed by atoms with E-state index in [9.17, 15) is 0 Å². The summed E-state index contributed by atoms with van der Waals surface area (Å²) in [6.45, 7) is 0.961. The molecule has 0 unspecified atom stereocenters. The van der Waals surface area contributed by atoms with Crippen LogP contribution < -0.4 is 10.5 Å². The van der Waals surface area contributed by atoms with Crippen molar-refractivity contribution in [1.82, 2.24) is 5.16 Å². The molecule has 0 saturated carbocycles. The first-order valence-corrected chi connectivity index (χ1v) is 6.61. The number of ether oxygens (including phenoxy) is 1. The van der Waals surface area contributed by atoms with Crippen LogP contribution in [0.2, 0.25) is 0 Å². The molecule has 3 rings (SSSR count). The fraction of sp³-hybridized carbons (Fsp3) is 0.188. The molecule has 2 aromatic carbocycles.